The van der Waals surface area contributed by atoms with Gasteiger partial charge in [0.1, 0.15) is 0 Å². The third kappa shape index (κ3) is 8.58. The molecular formula is C28H40BrN3O3. The van der Waals surface area contributed by atoms with Gasteiger partial charge in [-0.05, 0) is 87.7 Å². The van der Waals surface area contributed by atoms with E-state index in [0.717, 1.165) is 75.8 Å². The summed E-state index contributed by atoms with van der Waals surface area (Å²) >= 11 is 3.73. The van der Waals surface area contributed by atoms with E-state index in [1.54, 1.807) is 19.3 Å². The highest BCUT2D eigenvalue weighted by atomic mass is 79.9. The topological polar surface area (TPSA) is 63.6 Å². The van der Waals surface area contributed by atoms with Crippen molar-refractivity contribution in [2.75, 3.05) is 26.3 Å². The molecule has 1 amide bonds. The monoisotopic (exact) mass is 545 g/mol. The second-order valence-electron chi connectivity index (χ2n) is 9.55. The number of ether oxygens (including phenoxy) is 1. The van der Waals surface area contributed by atoms with Crippen molar-refractivity contribution in [3.8, 4) is 0 Å². The van der Waals surface area contributed by atoms with Crippen molar-refractivity contribution in [2.24, 2.45) is 13.0 Å². The number of amides is 1. The largest absolute Gasteiger partial charge is 0.382 e. The number of carbonyl (C=O) groups excluding carboxylic acids is 1. The number of benzene rings is 1. The smallest absolute Gasteiger partial charge is 0.250 e. The number of nitrogens with zero attached hydrogens (tertiary/aromatic N) is 2. The maximum Gasteiger partial charge on any atom is 0.250 e. The molecule has 1 saturated carbocycles. The van der Waals surface area contributed by atoms with E-state index in [-0.39, 0.29) is 11.5 Å². The van der Waals surface area contributed by atoms with Crippen molar-refractivity contribution >= 4 is 21.8 Å². The van der Waals surface area contributed by atoms with E-state index in [1.807, 2.05) is 13.0 Å². The summed E-state index contributed by atoms with van der Waals surface area (Å²) in [4.78, 5) is 25.9. The summed E-state index contributed by atoms with van der Waals surface area (Å²) in [5.74, 6) is 0.498. The molecule has 0 radical (unpaired) electrons. The van der Waals surface area contributed by atoms with E-state index in [4.69, 9.17) is 4.74 Å². The van der Waals surface area contributed by atoms with Gasteiger partial charge in [-0.2, -0.15) is 0 Å². The van der Waals surface area contributed by atoms with Crippen LogP contribution in [0.3, 0.4) is 0 Å². The predicted octanol–water partition coefficient (Wildman–Crippen LogP) is 4.60. The molecule has 1 aliphatic carbocycles. The molecule has 1 aromatic carbocycles. The molecule has 1 N–H and O–H groups in total. The Balaban J connectivity index is 0.000000363. The average molecular weight is 547 g/mol. The number of aryl methyl sites for hydroxylation is 2. The van der Waals surface area contributed by atoms with Crippen molar-refractivity contribution in [3.05, 3.63) is 68.0 Å². The molecule has 1 saturated heterocycles. The zero-order valence-electron chi connectivity index (χ0n) is 21.4. The lowest BCUT2D eigenvalue weighted by Gasteiger charge is -2.30. The van der Waals surface area contributed by atoms with Crippen molar-refractivity contribution in [1.29, 1.82) is 0 Å². The SMILES string of the molecule is CCOCCCc1cc(CN(C(=O)C2CCCNC2)C2CC2)cc(Br)c1C.Cn1ccccc1=O. The summed E-state index contributed by atoms with van der Waals surface area (Å²) in [6.07, 6.45) is 8.21. The number of hydrogen-bond acceptors (Lipinski definition) is 4. The molecule has 2 aliphatic rings. The number of rotatable bonds is 9. The fourth-order valence-electron chi connectivity index (χ4n) is 4.43. The summed E-state index contributed by atoms with van der Waals surface area (Å²) in [6, 6.07) is 10.0. The average Bonchev–Trinajstić information content (AvgIpc) is 3.71. The summed E-state index contributed by atoms with van der Waals surface area (Å²) < 4.78 is 8.16. The molecule has 4 rings (SSSR count). The van der Waals surface area contributed by atoms with Crippen LogP contribution in [0.5, 0.6) is 0 Å². The number of halogens is 1. The van der Waals surface area contributed by atoms with Gasteiger partial charge in [-0.15, -0.1) is 0 Å². The maximum absolute atomic E-state index is 13.1. The van der Waals surface area contributed by atoms with Crippen LogP contribution >= 0.6 is 15.9 Å². The standard InChI is InChI=1S/C22H33BrN2O2.C6H7NO/c1-3-27-11-5-7-18-12-17(13-21(23)16(18)2)15-25(20-8-9-20)22(26)19-6-4-10-24-14-19;1-7-5-3-2-4-6(7)8/h12-13,19-20,24H,3-11,14-15H2,1-2H3;2-5H,1H3. The Morgan fingerprint density at radius 1 is 1.26 bits per heavy atom. The van der Waals surface area contributed by atoms with Crippen LogP contribution < -0.4 is 10.9 Å². The summed E-state index contributed by atoms with van der Waals surface area (Å²) in [5.41, 5.74) is 3.94. The zero-order valence-corrected chi connectivity index (χ0v) is 23.0. The van der Waals surface area contributed by atoms with Gasteiger partial charge in [-0.25, -0.2) is 0 Å². The first-order valence-corrected chi connectivity index (χ1v) is 13.7. The van der Waals surface area contributed by atoms with Crippen LogP contribution in [-0.2, 0) is 29.5 Å². The number of aromatic nitrogens is 1. The molecule has 35 heavy (non-hydrogen) atoms. The second kappa shape index (κ2) is 14.0. The van der Waals surface area contributed by atoms with Crippen molar-refractivity contribution < 1.29 is 9.53 Å². The number of hydrogen-bond donors (Lipinski definition) is 1. The van der Waals surface area contributed by atoms with Crippen molar-refractivity contribution in [2.45, 2.75) is 65.0 Å². The van der Waals surface area contributed by atoms with Gasteiger partial charge in [0.25, 0.3) is 0 Å². The Bertz CT molecular complexity index is 1010. The Hall–Kier alpha value is -1.96. The molecular weight excluding hydrogens is 506 g/mol. The van der Waals surface area contributed by atoms with E-state index in [2.05, 4.69) is 45.2 Å². The molecule has 1 aliphatic heterocycles. The first kappa shape index (κ1) is 27.6. The third-order valence-electron chi connectivity index (χ3n) is 6.73. The van der Waals surface area contributed by atoms with Crippen LogP contribution in [0.4, 0.5) is 0 Å². The molecule has 0 spiro atoms. The van der Waals surface area contributed by atoms with E-state index in [0.29, 0.717) is 11.9 Å². The van der Waals surface area contributed by atoms with Gasteiger partial charge >= 0.3 is 0 Å². The quantitative estimate of drug-likeness (QED) is 0.467. The predicted molar refractivity (Wildman–Crippen MR) is 145 cm³/mol. The minimum atomic E-state index is 0.0347. The van der Waals surface area contributed by atoms with Crippen LogP contribution in [0, 0.1) is 12.8 Å². The molecule has 1 unspecified atom stereocenters. The molecule has 0 bridgehead atoms. The molecule has 2 fully saturated rings. The van der Waals surface area contributed by atoms with Crippen LogP contribution in [0.15, 0.2) is 45.8 Å². The fourth-order valence-corrected chi connectivity index (χ4v) is 4.98. The summed E-state index contributed by atoms with van der Waals surface area (Å²) in [7, 11) is 1.72. The number of piperidine rings is 1. The van der Waals surface area contributed by atoms with Crippen LogP contribution in [0.2, 0.25) is 0 Å². The normalized spacial score (nSPS) is 17.4. The van der Waals surface area contributed by atoms with Gasteiger partial charge in [0.05, 0.1) is 5.92 Å². The molecule has 1 aromatic heterocycles. The highest BCUT2D eigenvalue weighted by Gasteiger charge is 2.36. The van der Waals surface area contributed by atoms with Crippen molar-refractivity contribution in [3.63, 3.8) is 0 Å². The Morgan fingerprint density at radius 2 is 2.06 bits per heavy atom. The van der Waals surface area contributed by atoms with E-state index < -0.39 is 0 Å². The summed E-state index contributed by atoms with van der Waals surface area (Å²) in [5, 5.41) is 3.39. The van der Waals surface area contributed by atoms with Gasteiger partial charge in [-0.1, -0.05) is 28.1 Å². The lowest BCUT2D eigenvalue weighted by Crippen LogP contribution is -2.43. The minimum absolute atomic E-state index is 0.0347. The lowest BCUT2D eigenvalue weighted by atomic mass is 9.97. The number of carbonyl (C=O) groups is 1. The Morgan fingerprint density at radius 3 is 2.66 bits per heavy atom. The van der Waals surface area contributed by atoms with Crippen LogP contribution in [-0.4, -0.2) is 47.7 Å². The highest BCUT2D eigenvalue weighted by Crippen LogP contribution is 2.32. The first-order chi connectivity index (χ1) is 16.9. The van der Waals surface area contributed by atoms with Gasteiger partial charge in [0.2, 0.25) is 11.5 Å². The molecule has 2 aromatic rings. The van der Waals surface area contributed by atoms with Gasteiger partial charge in [0, 0.05) is 56.1 Å². The molecule has 6 nitrogen and oxygen atoms in total. The molecule has 7 heteroatoms. The van der Waals surface area contributed by atoms with Gasteiger partial charge in [-0.3, -0.25) is 9.59 Å². The molecule has 2 heterocycles. The van der Waals surface area contributed by atoms with Crippen molar-refractivity contribution in [1.82, 2.24) is 14.8 Å². The Kier molecular flexibility index (Phi) is 11.0. The number of pyridine rings is 1. The summed E-state index contributed by atoms with van der Waals surface area (Å²) in [6.45, 7) is 8.40. The van der Waals surface area contributed by atoms with E-state index >= 15 is 0 Å². The zero-order chi connectivity index (χ0) is 25.2. The van der Waals surface area contributed by atoms with Gasteiger partial charge in [0.15, 0.2) is 0 Å². The minimum Gasteiger partial charge on any atom is -0.382 e. The van der Waals surface area contributed by atoms with E-state index in [9.17, 15) is 9.59 Å². The lowest BCUT2D eigenvalue weighted by molar-refractivity contribution is -0.137. The van der Waals surface area contributed by atoms with Crippen LogP contribution in [0.25, 0.3) is 0 Å². The molecule has 192 valence electrons. The maximum atomic E-state index is 13.1. The second-order valence-corrected chi connectivity index (χ2v) is 10.4. The third-order valence-corrected chi connectivity index (χ3v) is 7.55. The Labute approximate surface area is 218 Å². The van der Waals surface area contributed by atoms with Gasteiger partial charge < -0.3 is 19.5 Å². The van der Waals surface area contributed by atoms with Crippen LogP contribution in [0.1, 0.15) is 55.7 Å². The van der Waals surface area contributed by atoms with E-state index in [1.165, 1.54) is 27.3 Å². The first-order valence-electron chi connectivity index (χ1n) is 12.9. The number of nitrogens with one attached hydrogen (secondary N) is 1. The molecule has 1 atom stereocenters. The fraction of sp³-hybridized carbons (Fsp3) is 0.571. The highest BCUT2D eigenvalue weighted by molar-refractivity contribution is 9.10.